The Morgan fingerprint density at radius 1 is 0.931 bits per heavy atom. The Morgan fingerprint density at radius 2 is 1.59 bits per heavy atom. The minimum atomic E-state index is -0.244. The van der Waals surface area contributed by atoms with Gasteiger partial charge in [0.05, 0.1) is 31.9 Å². The highest BCUT2D eigenvalue weighted by Gasteiger charge is 2.20. The number of carbonyl (C=O) groups is 2. The topological polar surface area (TPSA) is 67.9 Å². The first-order valence-electron chi connectivity index (χ1n) is 9.18. The maximum atomic E-state index is 12.8. The summed E-state index contributed by atoms with van der Waals surface area (Å²) >= 11 is 0. The van der Waals surface area contributed by atoms with Gasteiger partial charge in [0, 0.05) is 20.2 Å². The summed E-state index contributed by atoms with van der Waals surface area (Å²) in [5, 5.41) is 4.97. The Balaban J connectivity index is 1.93. The molecule has 2 amide bonds. The van der Waals surface area contributed by atoms with Gasteiger partial charge < -0.3 is 19.7 Å². The van der Waals surface area contributed by atoms with Gasteiger partial charge in [0.2, 0.25) is 5.91 Å². The van der Waals surface area contributed by atoms with Crippen molar-refractivity contribution in [3.63, 3.8) is 0 Å². The molecule has 150 valence electrons. The second-order valence-electron chi connectivity index (χ2n) is 6.82. The van der Waals surface area contributed by atoms with E-state index in [1.54, 1.807) is 26.2 Å². The quantitative estimate of drug-likeness (QED) is 0.694. The van der Waals surface area contributed by atoms with Crippen molar-refractivity contribution < 1.29 is 19.1 Å². The van der Waals surface area contributed by atoms with Crippen molar-refractivity contribution >= 4 is 28.3 Å². The van der Waals surface area contributed by atoms with Gasteiger partial charge in [0.25, 0.3) is 5.91 Å². The molecule has 0 spiro atoms. The first-order valence-corrected chi connectivity index (χ1v) is 9.18. The molecule has 0 aliphatic rings. The fraction of sp³-hybridized carbons (Fsp3) is 0.217. The molecular weight excluding hydrogens is 368 g/mol. The monoisotopic (exact) mass is 392 g/mol. The van der Waals surface area contributed by atoms with Crippen LogP contribution in [0.5, 0.6) is 11.5 Å². The van der Waals surface area contributed by atoms with Crippen LogP contribution in [0.15, 0.2) is 54.6 Å². The van der Waals surface area contributed by atoms with Crippen LogP contribution in [0.1, 0.15) is 15.9 Å². The van der Waals surface area contributed by atoms with Gasteiger partial charge in [-0.25, -0.2) is 0 Å². The fourth-order valence-corrected chi connectivity index (χ4v) is 3.21. The Labute approximate surface area is 170 Å². The lowest BCUT2D eigenvalue weighted by molar-refractivity contribution is -0.115. The molecule has 29 heavy (non-hydrogen) atoms. The highest BCUT2D eigenvalue weighted by Crippen LogP contribution is 2.34. The SMILES string of the molecule is COc1cc(NC(=O)Cc2cccc3ccccc23)c(C(=O)N(C)C)cc1OC. The van der Waals surface area contributed by atoms with Gasteiger partial charge in [-0.15, -0.1) is 0 Å². The summed E-state index contributed by atoms with van der Waals surface area (Å²) in [6.07, 6.45) is 0.186. The van der Waals surface area contributed by atoms with Gasteiger partial charge in [0.1, 0.15) is 0 Å². The molecule has 0 saturated heterocycles. The summed E-state index contributed by atoms with van der Waals surface area (Å²) in [6.45, 7) is 0. The molecule has 0 fully saturated rings. The van der Waals surface area contributed by atoms with Crippen molar-refractivity contribution in [2.24, 2.45) is 0 Å². The average molecular weight is 392 g/mol. The average Bonchev–Trinajstić information content (AvgIpc) is 2.73. The number of hydrogen-bond acceptors (Lipinski definition) is 4. The minimum absolute atomic E-state index is 0.186. The summed E-state index contributed by atoms with van der Waals surface area (Å²) < 4.78 is 10.6. The van der Waals surface area contributed by atoms with Crippen molar-refractivity contribution in [3.05, 3.63) is 65.7 Å². The summed E-state index contributed by atoms with van der Waals surface area (Å²) in [4.78, 5) is 26.9. The number of hydrogen-bond donors (Lipinski definition) is 1. The molecule has 0 unspecified atom stereocenters. The van der Waals surface area contributed by atoms with Gasteiger partial charge >= 0.3 is 0 Å². The number of nitrogens with one attached hydrogen (secondary N) is 1. The Morgan fingerprint density at radius 3 is 2.28 bits per heavy atom. The number of benzene rings is 3. The lowest BCUT2D eigenvalue weighted by atomic mass is 10.0. The van der Waals surface area contributed by atoms with Crippen molar-refractivity contribution in [1.29, 1.82) is 0 Å². The lowest BCUT2D eigenvalue weighted by Crippen LogP contribution is -2.24. The van der Waals surface area contributed by atoms with Crippen LogP contribution >= 0.6 is 0 Å². The zero-order valence-corrected chi connectivity index (χ0v) is 17.0. The Bertz CT molecular complexity index is 1050. The van der Waals surface area contributed by atoms with Crippen LogP contribution in [0, 0.1) is 0 Å². The number of methoxy groups -OCH3 is 2. The minimum Gasteiger partial charge on any atom is -0.493 e. The third-order valence-electron chi connectivity index (χ3n) is 4.67. The first-order chi connectivity index (χ1) is 13.9. The van der Waals surface area contributed by atoms with Crippen LogP contribution in [-0.2, 0) is 11.2 Å². The van der Waals surface area contributed by atoms with Gasteiger partial charge in [-0.3, -0.25) is 9.59 Å². The molecule has 3 aromatic rings. The van der Waals surface area contributed by atoms with E-state index in [0.29, 0.717) is 22.7 Å². The normalized spacial score (nSPS) is 10.5. The molecule has 0 atom stereocenters. The van der Waals surface area contributed by atoms with Gasteiger partial charge in [-0.05, 0) is 22.4 Å². The van der Waals surface area contributed by atoms with Crippen molar-refractivity contribution in [3.8, 4) is 11.5 Å². The van der Waals surface area contributed by atoms with Crippen molar-refractivity contribution in [1.82, 2.24) is 4.90 Å². The van der Waals surface area contributed by atoms with Crippen LogP contribution in [0.25, 0.3) is 10.8 Å². The maximum Gasteiger partial charge on any atom is 0.255 e. The highest BCUT2D eigenvalue weighted by atomic mass is 16.5. The summed E-state index contributed by atoms with van der Waals surface area (Å²) in [6, 6.07) is 17.0. The standard InChI is InChI=1S/C23H24N2O4/c1-25(2)23(27)18-13-20(28-3)21(29-4)14-19(18)24-22(26)12-16-10-7-9-15-8-5-6-11-17(15)16/h5-11,13-14H,12H2,1-4H3,(H,24,26). The third kappa shape index (κ3) is 4.32. The molecule has 0 aromatic heterocycles. The highest BCUT2D eigenvalue weighted by molar-refractivity contribution is 6.05. The molecule has 0 saturated carbocycles. The largest absolute Gasteiger partial charge is 0.493 e. The first kappa shape index (κ1) is 20.2. The van der Waals surface area contributed by atoms with E-state index >= 15 is 0 Å². The van der Waals surface area contributed by atoms with Crippen LogP contribution < -0.4 is 14.8 Å². The second-order valence-corrected chi connectivity index (χ2v) is 6.82. The second kappa shape index (κ2) is 8.65. The third-order valence-corrected chi connectivity index (χ3v) is 4.67. The zero-order chi connectivity index (χ0) is 21.0. The summed E-state index contributed by atoms with van der Waals surface area (Å²) in [7, 11) is 6.31. The Kier molecular flexibility index (Phi) is 6.02. The van der Waals surface area contributed by atoms with E-state index in [1.165, 1.54) is 19.1 Å². The number of rotatable bonds is 6. The molecule has 0 radical (unpaired) electrons. The number of amides is 2. The molecule has 3 aromatic carbocycles. The van der Waals surface area contributed by atoms with Crippen LogP contribution in [-0.4, -0.2) is 45.0 Å². The molecular formula is C23H24N2O4. The van der Waals surface area contributed by atoms with Crippen LogP contribution in [0.3, 0.4) is 0 Å². The number of nitrogens with zero attached hydrogens (tertiary/aromatic N) is 1. The van der Waals surface area contributed by atoms with E-state index < -0.39 is 0 Å². The van der Waals surface area contributed by atoms with Crippen LogP contribution in [0.2, 0.25) is 0 Å². The van der Waals surface area contributed by atoms with Crippen molar-refractivity contribution in [2.75, 3.05) is 33.6 Å². The molecule has 0 bridgehead atoms. The van der Waals surface area contributed by atoms with Crippen molar-refractivity contribution in [2.45, 2.75) is 6.42 Å². The molecule has 0 aliphatic carbocycles. The number of carbonyl (C=O) groups excluding carboxylic acids is 2. The number of ether oxygens (including phenoxy) is 2. The van der Waals surface area contributed by atoms with Gasteiger partial charge in [0.15, 0.2) is 11.5 Å². The number of fused-ring (bicyclic) bond motifs is 1. The summed E-state index contributed by atoms with van der Waals surface area (Å²) in [5.41, 5.74) is 1.63. The predicted molar refractivity (Wildman–Crippen MR) is 114 cm³/mol. The maximum absolute atomic E-state index is 12.8. The molecule has 0 aliphatic heterocycles. The Hall–Kier alpha value is -3.54. The van der Waals surface area contributed by atoms with Gasteiger partial charge in [-0.1, -0.05) is 42.5 Å². The molecule has 1 N–H and O–H groups in total. The predicted octanol–water partition coefficient (Wildman–Crippen LogP) is 3.74. The zero-order valence-electron chi connectivity index (χ0n) is 17.0. The van der Waals surface area contributed by atoms with E-state index in [0.717, 1.165) is 16.3 Å². The van der Waals surface area contributed by atoms with E-state index in [-0.39, 0.29) is 18.2 Å². The molecule has 6 heteroatoms. The van der Waals surface area contributed by atoms with E-state index in [1.807, 2.05) is 42.5 Å². The molecule has 3 rings (SSSR count). The van der Waals surface area contributed by atoms with E-state index in [4.69, 9.17) is 9.47 Å². The number of anilines is 1. The lowest BCUT2D eigenvalue weighted by Gasteiger charge is -2.18. The van der Waals surface area contributed by atoms with E-state index in [2.05, 4.69) is 5.32 Å². The van der Waals surface area contributed by atoms with Crippen LogP contribution in [0.4, 0.5) is 5.69 Å². The molecule has 0 heterocycles. The smallest absolute Gasteiger partial charge is 0.255 e. The fourth-order valence-electron chi connectivity index (χ4n) is 3.21. The van der Waals surface area contributed by atoms with Gasteiger partial charge in [-0.2, -0.15) is 0 Å². The van der Waals surface area contributed by atoms with E-state index in [9.17, 15) is 9.59 Å². The summed E-state index contributed by atoms with van der Waals surface area (Å²) in [5.74, 6) is 0.390. The molecule has 6 nitrogen and oxygen atoms in total.